The highest BCUT2D eigenvalue weighted by Gasteiger charge is 2.16. The smallest absolute Gasteiger partial charge is 0.255 e. The molecule has 2 aromatic heterocycles. The summed E-state index contributed by atoms with van der Waals surface area (Å²) in [6, 6.07) is 14.0. The van der Waals surface area contributed by atoms with Gasteiger partial charge in [0.05, 0.1) is 5.56 Å². The van der Waals surface area contributed by atoms with E-state index >= 15 is 0 Å². The van der Waals surface area contributed by atoms with Crippen LogP contribution in [0.25, 0.3) is 0 Å². The van der Waals surface area contributed by atoms with Crippen molar-refractivity contribution < 1.29 is 9.18 Å². The molecule has 0 saturated carbocycles. The number of anilines is 2. The maximum absolute atomic E-state index is 13.5. The lowest BCUT2D eigenvalue weighted by molar-refractivity contribution is 0.0951. The number of hydrogen-bond donors (Lipinski definition) is 2. The summed E-state index contributed by atoms with van der Waals surface area (Å²) in [4.78, 5) is 23.9. The van der Waals surface area contributed by atoms with Crippen LogP contribution in [-0.2, 0) is 13.0 Å². The van der Waals surface area contributed by atoms with Crippen LogP contribution < -0.4 is 15.5 Å². The first-order valence-corrected chi connectivity index (χ1v) is 10.8. The number of aromatic nitrogens is 2. The number of pyridine rings is 2. The molecule has 0 bridgehead atoms. The van der Waals surface area contributed by atoms with Gasteiger partial charge in [0.25, 0.3) is 5.91 Å². The van der Waals surface area contributed by atoms with Crippen LogP contribution in [0.2, 0.25) is 0 Å². The summed E-state index contributed by atoms with van der Waals surface area (Å²) in [5.41, 5.74) is 2.29. The number of hydrogen-bond acceptors (Lipinski definition) is 5. The molecule has 164 valence electrons. The Morgan fingerprint density at radius 1 is 1.09 bits per heavy atom. The lowest BCUT2D eigenvalue weighted by atomic mass is 10.1. The lowest BCUT2D eigenvalue weighted by Gasteiger charge is -2.25. The van der Waals surface area contributed by atoms with Crippen molar-refractivity contribution in [3.63, 3.8) is 0 Å². The van der Waals surface area contributed by atoms with Crippen LogP contribution in [-0.4, -0.2) is 35.5 Å². The van der Waals surface area contributed by atoms with Crippen molar-refractivity contribution in [3.05, 3.63) is 95.6 Å². The van der Waals surface area contributed by atoms with Crippen LogP contribution in [0, 0.1) is 5.82 Å². The van der Waals surface area contributed by atoms with Gasteiger partial charge in [-0.1, -0.05) is 30.4 Å². The predicted octanol–water partition coefficient (Wildman–Crippen LogP) is 3.97. The molecular formula is C25H26FN5O. The van der Waals surface area contributed by atoms with Gasteiger partial charge >= 0.3 is 0 Å². The number of rotatable bonds is 8. The molecule has 1 amide bonds. The first-order valence-electron chi connectivity index (χ1n) is 10.8. The Morgan fingerprint density at radius 3 is 2.78 bits per heavy atom. The quantitative estimate of drug-likeness (QED) is 0.528. The molecular weight excluding hydrogens is 405 g/mol. The number of carbonyl (C=O) groups is 1. The Balaban J connectivity index is 1.49. The third kappa shape index (κ3) is 5.69. The summed E-state index contributed by atoms with van der Waals surface area (Å²) in [5.74, 6) is 0.888. The van der Waals surface area contributed by atoms with E-state index in [2.05, 4.69) is 32.7 Å². The third-order valence-electron chi connectivity index (χ3n) is 5.28. The zero-order valence-corrected chi connectivity index (χ0v) is 17.8. The van der Waals surface area contributed by atoms with E-state index in [4.69, 9.17) is 4.98 Å². The Bertz CT molecular complexity index is 1090. The molecule has 4 rings (SSSR count). The molecule has 0 radical (unpaired) electrons. The molecule has 32 heavy (non-hydrogen) atoms. The fourth-order valence-electron chi connectivity index (χ4n) is 3.59. The highest BCUT2D eigenvalue weighted by atomic mass is 19.1. The van der Waals surface area contributed by atoms with Crippen molar-refractivity contribution in [1.82, 2.24) is 15.3 Å². The van der Waals surface area contributed by atoms with Gasteiger partial charge in [-0.3, -0.25) is 9.78 Å². The minimum absolute atomic E-state index is 0.209. The third-order valence-corrected chi connectivity index (χ3v) is 5.28. The van der Waals surface area contributed by atoms with Gasteiger partial charge in [0.1, 0.15) is 17.5 Å². The molecule has 0 unspecified atom stereocenters. The Morgan fingerprint density at radius 2 is 2.00 bits per heavy atom. The minimum Gasteiger partial charge on any atom is -0.369 e. The van der Waals surface area contributed by atoms with E-state index in [-0.39, 0.29) is 11.7 Å². The number of nitrogens with one attached hydrogen (secondary N) is 2. The van der Waals surface area contributed by atoms with Gasteiger partial charge in [0.2, 0.25) is 0 Å². The van der Waals surface area contributed by atoms with Crippen LogP contribution in [0.5, 0.6) is 0 Å². The second-order valence-corrected chi connectivity index (χ2v) is 7.62. The molecule has 7 heteroatoms. The zero-order valence-electron chi connectivity index (χ0n) is 17.8. The highest BCUT2D eigenvalue weighted by Crippen LogP contribution is 2.21. The van der Waals surface area contributed by atoms with Crippen molar-refractivity contribution in [1.29, 1.82) is 0 Å². The number of carbonyl (C=O) groups excluding carboxylic acids is 1. The van der Waals surface area contributed by atoms with E-state index < -0.39 is 0 Å². The standard InChI is InChI=1S/C25H26FN5O/c26-21-8-4-6-19(16-21)11-13-28-24-22(25(32)29-18-20-7-5-12-27-17-20)9-10-23(30-24)31-14-2-1-3-15-31/h1-2,4-10,12,16-17H,3,11,13-15,18H2,(H,28,30)(H,29,32). The molecule has 2 N–H and O–H groups in total. The van der Waals surface area contributed by atoms with E-state index in [1.54, 1.807) is 18.5 Å². The maximum Gasteiger partial charge on any atom is 0.255 e. The van der Waals surface area contributed by atoms with E-state index in [9.17, 15) is 9.18 Å². The Hall–Kier alpha value is -3.74. The number of halogens is 1. The van der Waals surface area contributed by atoms with Crippen LogP contribution in [0.1, 0.15) is 27.9 Å². The molecule has 1 aromatic carbocycles. The molecule has 0 atom stereocenters. The monoisotopic (exact) mass is 431 g/mol. The van der Waals surface area contributed by atoms with E-state index in [1.165, 1.54) is 12.1 Å². The van der Waals surface area contributed by atoms with Gasteiger partial charge in [-0.15, -0.1) is 0 Å². The highest BCUT2D eigenvalue weighted by molar-refractivity contribution is 5.99. The second-order valence-electron chi connectivity index (χ2n) is 7.62. The largest absolute Gasteiger partial charge is 0.369 e. The summed E-state index contributed by atoms with van der Waals surface area (Å²) in [7, 11) is 0. The van der Waals surface area contributed by atoms with Gasteiger partial charge < -0.3 is 15.5 Å². The summed E-state index contributed by atoms with van der Waals surface area (Å²) in [5, 5.41) is 6.23. The normalized spacial score (nSPS) is 13.1. The summed E-state index contributed by atoms with van der Waals surface area (Å²) in [6.45, 7) is 2.60. The summed E-state index contributed by atoms with van der Waals surface area (Å²) < 4.78 is 13.5. The van der Waals surface area contributed by atoms with Crippen molar-refractivity contribution in [3.8, 4) is 0 Å². The van der Waals surface area contributed by atoms with Crippen molar-refractivity contribution in [2.75, 3.05) is 29.9 Å². The average molecular weight is 432 g/mol. The van der Waals surface area contributed by atoms with Crippen LogP contribution in [0.4, 0.5) is 16.0 Å². The molecule has 0 aliphatic carbocycles. The fraction of sp³-hybridized carbons (Fsp3) is 0.240. The fourth-order valence-corrected chi connectivity index (χ4v) is 3.59. The number of benzene rings is 1. The summed E-state index contributed by atoms with van der Waals surface area (Å²) >= 11 is 0. The molecule has 6 nitrogen and oxygen atoms in total. The van der Waals surface area contributed by atoms with Gasteiger partial charge in [0, 0.05) is 38.6 Å². The van der Waals surface area contributed by atoms with Gasteiger partial charge in [-0.25, -0.2) is 9.37 Å². The molecule has 3 heterocycles. The van der Waals surface area contributed by atoms with Crippen LogP contribution in [0.15, 0.2) is 73.1 Å². The number of amides is 1. The van der Waals surface area contributed by atoms with Gasteiger partial charge in [-0.2, -0.15) is 0 Å². The van der Waals surface area contributed by atoms with Crippen molar-refractivity contribution in [2.45, 2.75) is 19.4 Å². The van der Waals surface area contributed by atoms with E-state index in [0.29, 0.717) is 30.9 Å². The van der Waals surface area contributed by atoms with Gasteiger partial charge in [-0.05, 0) is 54.3 Å². The van der Waals surface area contributed by atoms with Gasteiger partial charge in [0.15, 0.2) is 0 Å². The van der Waals surface area contributed by atoms with E-state index in [0.717, 1.165) is 36.5 Å². The topological polar surface area (TPSA) is 70.2 Å². The van der Waals surface area contributed by atoms with E-state index in [1.807, 2.05) is 30.3 Å². The minimum atomic E-state index is -0.253. The molecule has 3 aromatic rings. The molecule has 0 fully saturated rings. The molecule has 0 saturated heterocycles. The Kier molecular flexibility index (Phi) is 7.07. The molecule has 1 aliphatic heterocycles. The lowest BCUT2D eigenvalue weighted by Crippen LogP contribution is -2.29. The first kappa shape index (κ1) is 21.5. The molecule has 0 spiro atoms. The Labute approximate surface area is 187 Å². The SMILES string of the molecule is O=C(NCc1cccnc1)c1ccc(N2CC=CCC2)nc1NCCc1cccc(F)c1. The first-order chi connectivity index (χ1) is 15.7. The van der Waals surface area contributed by atoms with Crippen LogP contribution >= 0.6 is 0 Å². The number of nitrogens with zero attached hydrogens (tertiary/aromatic N) is 3. The van der Waals surface area contributed by atoms with Crippen molar-refractivity contribution in [2.24, 2.45) is 0 Å². The summed E-state index contributed by atoms with van der Waals surface area (Å²) in [6.07, 6.45) is 9.30. The molecule has 1 aliphatic rings. The zero-order chi connectivity index (χ0) is 22.2. The van der Waals surface area contributed by atoms with Crippen molar-refractivity contribution >= 4 is 17.5 Å². The van der Waals surface area contributed by atoms with Crippen LogP contribution in [0.3, 0.4) is 0 Å². The predicted molar refractivity (Wildman–Crippen MR) is 124 cm³/mol. The maximum atomic E-state index is 13.5. The average Bonchev–Trinajstić information content (AvgIpc) is 2.84. The second kappa shape index (κ2) is 10.5.